The predicted octanol–water partition coefficient (Wildman–Crippen LogP) is 0.708. The second-order valence-corrected chi connectivity index (χ2v) is 3.24. The van der Waals surface area contributed by atoms with Gasteiger partial charge in [0.05, 0.1) is 5.52 Å². The van der Waals surface area contributed by atoms with Gasteiger partial charge in [-0.05, 0) is 12.1 Å². The summed E-state index contributed by atoms with van der Waals surface area (Å²) in [6, 6.07) is 3.64. The van der Waals surface area contributed by atoms with E-state index in [0.29, 0.717) is 11.2 Å². The predicted molar refractivity (Wildman–Crippen MR) is 57.7 cm³/mol. The first kappa shape index (κ1) is 8.78. The van der Waals surface area contributed by atoms with Crippen LogP contribution in [-0.4, -0.2) is 25.1 Å². The van der Waals surface area contributed by atoms with Crippen LogP contribution in [0.1, 0.15) is 0 Å². The molecular formula is C10H7N5O. The standard InChI is InChI=1S/C10H7N5O/c16-10-9(12-4-5-13-10)8-7-6(14-15-8)2-1-3-11-7/h1-5H,(H,13,16)(H,14,15). The van der Waals surface area contributed by atoms with Crippen LogP contribution in [0.5, 0.6) is 0 Å². The van der Waals surface area contributed by atoms with Crippen molar-refractivity contribution in [2.24, 2.45) is 0 Å². The Kier molecular flexibility index (Phi) is 1.79. The van der Waals surface area contributed by atoms with Crippen LogP contribution in [0.25, 0.3) is 22.4 Å². The highest BCUT2D eigenvalue weighted by atomic mass is 16.1. The average Bonchev–Trinajstić information content (AvgIpc) is 2.74. The third-order valence-corrected chi connectivity index (χ3v) is 2.25. The Labute approximate surface area is 89.4 Å². The SMILES string of the molecule is O=c1[nH]ccnc1-c1n[nH]c2cccnc12. The van der Waals surface area contributed by atoms with E-state index >= 15 is 0 Å². The van der Waals surface area contributed by atoms with Crippen molar-refractivity contribution < 1.29 is 0 Å². The van der Waals surface area contributed by atoms with E-state index in [-0.39, 0.29) is 11.3 Å². The van der Waals surface area contributed by atoms with E-state index in [1.54, 1.807) is 12.3 Å². The molecule has 3 aromatic rings. The first-order valence-corrected chi connectivity index (χ1v) is 4.69. The molecule has 0 radical (unpaired) electrons. The Morgan fingerprint density at radius 1 is 1.12 bits per heavy atom. The molecule has 0 unspecified atom stereocenters. The highest BCUT2D eigenvalue weighted by Gasteiger charge is 2.12. The lowest BCUT2D eigenvalue weighted by molar-refractivity contribution is 1.08. The molecule has 0 aliphatic heterocycles. The summed E-state index contributed by atoms with van der Waals surface area (Å²) in [6.07, 6.45) is 4.65. The summed E-state index contributed by atoms with van der Waals surface area (Å²) < 4.78 is 0. The van der Waals surface area contributed by atoms with Crippen molar-refractivity contribution in [1.82, 2.24) is 25.1 Å². The van der Waals surface area contributed by atoms with E-state index in [1.807, 2.05) is 6.07 Å². The number of aromatic amines is 2. The first-order chi connectivity index (χ1) is 7.86. The fraction of sp³-hybridized carbons (Fsp3) is 0. The van der Waals surface area contributed by atoms with Crippen LogP contribution < -0.4 is 5.56 Å². The van der Waals surface area contributed by atoms with Gasteiger partial charge in [-0.1, -0.05) is 0 Å². The number of hydrogen-bond acceptors (Lipinski definition) is 4. The fourth-order valence-electron chi connectivity index (χ4n) is 1.54. The molecule has 0 fully saturated rings. The van der Waals surface area contributed by atoms with E-state index < -0.39 is 0 Å². The summed E-state index contributed by atoms with van der Waals surface area (Å²) in [7, 11) is 0. The van der Waals surface area contributed by atoms with Gasteiger partial charge in [0.1, 0.15) is 11.2 Å². The smallest absolute Gasteiger partial charge is 0.276 e. The van der Waals surface area contributed by atoms with Crippen LogP contribution in [0.15, 0.2) is 35.5 Å². The van der Waals surface area contributed by atoms with Crippen molar-refractivity contribution in [1.29, 1.82) is 0 Å². The molecule has 3 aromatic heterocycles. The van der Waals surface area contributed by atoms with Gasteiger partial charge in [0.2, 0.25) is 0 Å². The number of fused-ring (bicyclic) bond motifs is 1. The normalized spacial score (nSPS) is 10.8. The lowest BCUT2D eigenvalue weighted by Gasteiger charge is -1.93. The summed E-state index contributed by atoms with van der Waals surface area (Å²) in [6.45, 7) is 0. The van der Waals surface area contributed by atoms with E-state index in [1.165, 1.54) is 12.4 Å². The molecule has 16 heavy (non-hydrogen) atoms. The van der Waals surface area contributed by atoms with Gasteiger partial charge in [-0.3, -0.25) is 14.9 Å². The molecular weight excluding hydrogens is 206 g/mol. The van der Waals surface area contributed by atoms with Crippen molar-refractivity contribution >= 4 is 11.0 Å². The fourth-order valence-corrected chi connectivity index (χ4v) is 1.54. The lowest BCUT2D eigenvalue weighted by Crippen LogP contribution is -2.10. The number of hydrogen-bond donors (Lipinski definition) is 2. The van der Waals surface area contributed by atoms with Crippen LogP contribution in [0.2, 0.25) is 0 Å². The second kappa shape index (κ2) is 3.27. The van der Waals surface area contributed by atoms with Gasteiger partial charge in [-0.25, -0.2) is 4.98 Å². The number of nitrogens with one attached hydrogen (secondary N) is 2. The molecule has 0 aliphatic carbocycles. The van der Waals surface area contributed by atoms with Crippen molar-refractivity contribution in [3.63, 3.8) is 0 Å². The van der Waals surface area contributed by atoms with Gasteiger partial charge in [0.25, 0.3) is 5.56 Å². The van der Waals surface area contributed by atoms with Crippen LogP contribution >= 0.6 is 0 Å². The zero-order chi connectivity index (χ0) is 11.0. The molecule has 78 valence electrons. The third-order valence-electron chi connectivity index (χ3n) is 2.25. The summed E-state index contributed by atoms with van der Waals surface area (Å²) in [5.41, 5.74) is 1.89. The minimum absolute atomic E-state index is 0.271. The van der Waals surface area contributed by atoms with Crippen molar-refractivity contribution in [2.45, 2.75) is 0 Å². The molecule has 2 N–H and O–H groups in total. The molecule has 0 aromatic carbocycles. The topological polar surface area (TPSA) is 87.3 Å². The summed E-state index contributed by atoms with van der Waals surface area (Å²) in [5, 5.41) is 6.86. The average molecular weight is 213 g/mol. The summed E-state index contributed by atoms with van der Waals surface area (Å²) in [4.78, 5) is 22.3. The van der Waals surface area contributed by atoms with Crippen LogP contribution in [-0.2, 0) is 0 Å². The Morgan fingerprint density at radius 2 is 2.06 bits per heavy atom. The Balaban J connectivity index is 2.35. The molecule has 0 bridgehead atoms. The van der Waals surface area contributed by atoms with Gasteiger partial charge in [-0.15, -0.1) is 0 Å². The largest absolute Gasteiger partial charge is 0.326 e. The Hall–Kier alpha value is -2.50. The van der Waals surface area contributed by atoms with Gasteiger partial charge < -0.3 is 4.98 Å². The van der Waals surface area contributed by atoms with Crippen LogP contribution in [0.3, 0.4) is 0 Å². The number of H-pyrrole nitrogens is 2. The lowest BCUT2D eigenvalue weighted by atomic mass is 10.2. The molecule has 0 aliphatic rings. The van der Waals surface area contributed by atoms with Gasteiger partial charge in [0, 0.05) is 18.6 Å². The quantitative estimate of drug-likeness (QED) is 0.623. The van der Waals surface area contributed by atoms with E-state index in [2.05, 4.69) is 25.1 Å². The highest BCUT2D eigenvalue weighted by Crippen LogP contribution is 2.19. The Morgan fingerprint density at radius 3 is 2.94 bits per heavy atom. The molecule has 0 atom stereocenters. The minimum atomic E-state index is -0.276. The maximum atomic E-state index is 11.6. The third kappa shape index (κ3) is 1.20. The Bertz CT molecular complexity index is 699. The molecule has 6 heteroatoms. The van der Waals surface area contributed by atoms with E-state index in [9.17, 15) is 4.79 Å². The van der Waals surface area contributed by atoms with Gasteiger partial charge in [0.15, 0.2) is 5.69 Å². The van der Waals surface area contributed by atoms with Crippen molar-refractivity contribution in [2.75, 3.05) is 0 Å². The highest BCUT2D eigenvalue weighted by molar-refractivity contribution is 5.87. The first-order valence-electron chi connectivity index (χ1n) is 4.69. The van der Waals surface area contributed by atoms with Gasteiger partial charge in [-0.2, -0.15) is 5.10 Å². The zero-order valence-electron chi connectivity index (χ0n) is 8.14. The number of aromatic nitrogens is 5. The molecule has 0 saturated heterocycles. The monoisotopic (exact) mass is 213 g/mol. The number of nitrogens with zero attached hydrogens (tertiary/aromatic N) is 3. The molecule has 3 rings (SSSR count). The minimum Gasteiger partial charge on any atom is -0.326 e. The van der Waals surface area contributed by atoms with Gasteiger partial charge >= 0.3 is 0 Å². The van der Waals surface area contributed by atoms with E-state index in [4.69, 9.17) is 0 Å². The summed E-state index contributed by atoms with van der Waals surface area (Å²) >= 11 is 0. The summed E-state index contributed by atoms with van der Waals surface area (Å²) in [5.74, 6) is 0. The van der Waals surface area contributed by atoms with Crippen molar-refractivity contribution in [3.05, 3.63) is 41.1 Å². The molecule has 6 nitrogen and oxygen atoms in total. The number of pyridine rings is 1. The van der Waals surface area contributed by atoms with Crippen LogP contribution in [0.4, 0.5) is 0 Å². The molecule has 0 spiro atoms. The number of rotatable bonds is 1. The van der Waals surface area contributed by atoms with E-state index in [0.717, 1.165) is 5.52 Å². The van der Waals surface area contributed by atoms with Crippen LogP contribution in [0, 0.1) is 0 Å². The molecule has 3 heterocycles. The zero-order valence-corrected chi connectivity index (χ0v) is 8.14. The maximum Gasteiger partial charge on any atom is 0.276 e. The maximum absolute atomic E-state index is 11.6. The molecule has 0 amide bonds. The molecule has 0 saturated carbocycles. The van der Waals surface area contributed by atoms with Crippen molar-refractivity contribution in [3.8, 4) is 11.4 Å². The second-order valence-electron chi connectivity index (χ2n) is 3.24.